The van der Waals surface area contributed by atoms with Crippen LogP contribution in [0.15, 0.2) is 78.9 Å². The van der Waals surface area contributed by atoms with Crippen LogP contribution in [-0.2, 0) is 14.4 Å². The summed E-state index contributed by atoms with van der Waals surface area (Å²) in [6.07, 6.45) is -0.149. The summed E-state index contributed by atoms with van der Waals surface area (Å²) in [6.45, 7) is 3.12. The van der Waals surface area contributed by atoms with Gasteiger partial charge in [0.1, 0.15) is 17.5 Å². The van der Waals surface area contributed by atoms with Gasteiger partial charge in [-0.1, -0.05) is 30.3 Å². The van der Waals surface area contributed by atoms with E-state index < -0.39 is 29.9 Å². The molecule has 36 heavy (non-hydrogen) atoms. The topological polar surface area (TPSA) is 93.2 Å². The number of esters is 1. The van der Waals surface area contributed by atoms with Crippen LogP contribution in [0.3, 0.4) is 0 Å². The SMILES string of the molecule is COc1ccc(C(=O)N(C2CC(=O)N(c3ccc(OC(C)=O)cc3)C2=O)C(C)c2ccccc2)cc1. The highest BCUT2D eigenvalue weighted by Gasteiger charge is 2.46. The molecule has 4 rings (SSSR count). The van der Waals surface area contributed by atoms with Gasteiger partial charge in [-0.05, 0) is 61.0 Å². The molecule has 1 fully saturated rings. The molecule has 0 N–H and O–H groups in total. The molecule has 3 aromatic rings. The summed E-state index contributed by atoms with van der Waals surface area (Å²) in [5.74, 6) is -0.852. The molecule has 1 saturated heterocycles. The highest BCUT2D eigenvalue weighted by Crippen LogP contribution is 2.33. The van der Waals surface area contributed by atoms with Crippen molar-refractivity contribution < 1.29 is 28.7 Å². The van der Waals surface area contributed by atoms with Crippen LogP contribution in [0.25, 0.3) is 0 Å². The van der Waals surface area contributed by atoms with Gasteiger partial charge in [0.25, 0.3) is 11.8 Å². The molecule has 3 amide bonds. The molecule has 1 aliphatic heterocycles. The van der Waals surface area contributed by atoms with E-state index in [1.807, 2.05) is 37.3 Å². The van der Waals surface area contributed by atoms with Gasteiger partial charge in [-0.15, -0.1) is 0 Å². The average molecular weight is 487 g/mol. The number of nitrogens with zero attached hydrogens (tertiary/aromatic N) is 2. The number of imide groups is 1. The molecular formula is C28H26N2O6. The van der Waals surface area contributed by atoms with Crippen molar-refractivity contribution in [2.45, 2.75) is 32.4 Å². The summed E-state index contributed by atoms with van der Waals surface area (Å²) in [6, 6.07) is 20.6. The van der Waals surface area contributed by atoms with E-state index in [0.717, 1.165) is 10.5 Å². The normalized spacial score (nSPS) is 16.0. The number of carbonyl (C=O) groups excluding carboxylic acids is 4. The fourth-order valence-electron chi connectivity index (χ4n) is 4.30. The van der Waals surface area contributed by atoms with E-state index in [-0.39, 0.29) is 12.3 Å². The zero-order valence-electron chi connectivity index (χ0n) is 20.2. The van der Waals surface area contributed by atoms with Gasteiger partial charge in [0.05, 0.1) is 25.3 Å². The van der Waals surface area contributed by atoms with E-state index in [1.54, 1.807) is 24.3 Å². The van der Waals surface area contributed by atoms with Crippen LogP contribution in [0, 0.1) is 0 Å². The fraction of sp³-hybridized carbons (Fsp3) is 0.214. The molecule has 3 aromatic carbocycles. The van der Waals surface area contributed by atoms with Crippen molar-refractivity contribution in [3.05, 3.63) is 90.0 Å². The Morgan fingerprint density at radius 2 is 1.53 bits per heavy atom. The largest absolute Gasteiger partial charge is 0.497 e. The summed E-state index contributed by atoms with van der Waals surface area (Å²) < 4.78 is 10.2. The van der Waals surface area contributed by atoms with Crippen molar-refractivity contribution in [3.63, 3.8) is 0 Å². The third-order valence-corrected chi connectivity index (χ3v) is 6.09. The number of rotatable bonds is 7. The molecule has 2 unspecified atom stereocenters. The molecular weight excluding hydrogens is 460 g/mol. The lowest BCUT2D eigenvalue weighted by atomic mass is 10.0. The standard InChI is InChI=1S/C28H26N2O6/c1-18(20-7-5-4-6-8-20)29(27(33)21-9-13-23(35-3)14-10-21)25-17-26(32)30(28(25)34)22-11-15-24(16-12-22)36-19(2)31/h4-16,18,25H,17H2,1-3H3. The van der Waals surface area contributed by atoms with Gasteiger partial charge < -0.3 is 14.4 Å². The van der Waals surface area contributed by atoms with Crippen LogP contribution in [0.1, 0.15) is 42.2 Å². The average Bonchev–Trinajstić information content (AvgIpc) is 3.18. The summed E-state index contributed by atoms with van der Waals surface area (Å²) in [5.41, 5.74) is 1.56. The minimum atomic E-state index is -0.990. The van der Waals surface area contributed by atoms with Crippen LogP contribution in [-0.4, -0.2) is 41.7 Å². The maximum atomic E-state index is 13.7. The first kappa shape index (κ1) is 24.7. The van der Waals surface area contributed by atoms with Crippen molar-refractivity contribution in [1.82, 2.24) is 4.90 Å². The van der Waals surface area contributed by atoms with Gasteiger partial charge in [0, 0.05) is 12.5 Å². The zero-order chi connectivity index (χ0) is 25.8. The van der Waals surface area contributed by atoms with Crippen LogP contribution in [0.2, 0.25) is 0 Å². The number of amides is 3. The van der Waals surface area contributed by atoms with E-state index in [1.165, 1.54) is 43.2 Å². The second-order valence-electron chi connectivity index (χ2n) is 8.40. The van der Waals surface area contributed by atoms with Crippen LogP contribution < -0.4 is 14.4 Å². The molecule has 1 heterocycles. The molecule has 2 atom stereocenters. The highest BCUT2D eigenvalue weighted by atomic mass is 16.5. The highest BCUT2D eigenvalue weighted by molar-refractivity contribution is 6.23. The molecule has 0 radical (unpaired) electrons. The first-order chi connectivity index (χ1) is 17.3. The molecule has 0 aliphatic carbocycles. The van der Waals surface area contributed by atoms with Crippen molar-refractivity contribution in [2.24, 2.45) is 0 Å². The second-order valence-corrected chi connectivity index (χ2v) is 8.40. The van der Waals surface area contributed by atoms with E-state index in [2.05, 4.69) is 0 Å². The van der Waals surface area contributed by atoms with Crippen LogP contribution >= 0.6 is 0 Å². The number of methoxy groups -OCH3 is 1. The number of benzene rings is 3. The predicted octanol–water partition coefficient (Wildman–Crippen LogP) is 4.16. The van der Waals surface area contributed by atoms with E-state index >= 15 is 0 Å². The van der Waals surface area contributed by atoms with Crippen molar-refractivity contribution in [3.8, 4) is 11.5 Å². The molecule has 184 valence electrons. The third-order valence-electron chi connectivity index (χ3n) is 6.09. The molecule has 0 saturated carbocycles. The maximum absolute atomic E-state index is 13.7. The molecule has 1 aliphatic rings. The lowest BCUT2D eigenvalue weighted by Gasteiger charge is -2.33. The molecule has 0 bridgehead atoms. The van der Waals surface area contributed by atoms with Gasteiger partial charge in [0.2, 0.25) is 5.91 Å². The van der Waals surface area contributed by atoms with Gasteiger partial charge in [-0.2, -0.15) is 0 Å². The summed E-state index contributed by atoms with van der Waals surface area (Å²) >= 11 is 0. The number of hydrogen-bond donors (Lipinski definition) is 0. The minimum Gasteiger partial charge on any atom is -0.497 e. The van der Waals surface area contributed by atoms with Crippen LogP contribution in [0.4, 0.5) is 5.69 Å². The number of anilines is 1. The van der Waals surface area contributed by atoms with Gasteiger partial charge in [-0.3, -0.25) is 19.2 Å². The quantitative estimate of drug-likeness (QED) is 0.283. The second kappa shape index (κ2) is 10.4. The molecule has 8 nitrogen and oxygen atoms in total. The summed E-state index contributed by atoms with van der Waals surface area (Å²) in [7, 11) is 1.54. The van der Waals surface area contributed by atoms with Crippen molar-refractivity contribution in [1.29, 1.82) is 0 Å². The number of ether oxygens (including phenoxy) is 2. The molecule has 8 heteroatoms. The number of carbonyl (C=O) groups is 4. The van der Waals surface area contributed by atoms with Gasteiger partial charge in [0.15, 0.2) is 0 Å². The third kappa shape index (κ3) is 4.98. The first-order valence-corrected chi connectivity index (χ1v) is 11.5. The van der Waals surface area contributed by atoms with Gasteiger partial charge in [-0.25, -0.2) is 4.90 Å². The van der Waals surface area contributed by atoms with Crippen molar-refractivity contribution >= 4 is 29.4 Å². The summed E-state index contributed by atoms with van der Waals surface area (Å²) in [5, 5.41) is 0. The molecule has 0 aromatic heterocycles. The lowest BCUT2D eigenvalue weighted by molar-refractivity contribution is -0.132. The van der Waals surface area contributed by atoms with E-state index in [4.69, 9.17) is 9.47 Å². The smallest absolute Gasteiger partial charge is 0.308 e. The predicted molar refractivity (Wildman–Crippen MR) is 133 cm³/mol. The Labute approximate surface area is 209 Å². The minimum absolute atomic E-state index is 0.149. The maximum Gasteiger partial charge on any atom is 0.308 e. The Balaban J connectivity index is 1.68. The van der Waals surface area contributed by atoms with Gasteiger partial charge >= 0.3 is 5.97 Å². The monoisotopic (exact) mass is 486 g/mol. The molecule has 0 spiro atoms. The van der Waals surface area contributed by atoms with E-state index in [0.29, 0.717) is 22.7 Å². The Morgan fingerprint density at radius 3 is 2.11 bits per heavy atom. The zero-order valence-corrected chi connectivity index (χ0v) is 20.2. The fourth-order valence-corrected chi connectivity index (χ4v) is 4.30. The Kier molecular flexibility index (Phi) is 7.15. The Bertz CT molecular complexity index is 1270. The van der Waals surface area contributed by atoms with Crippen LogP contribution in [0.5, 0.6) is 11.5 Å². The number of hydrogen-bond acceptors (Lipinski definition) is 6. The van der Waals surface area contributed by atoms with E-state index in [9.17, 15) is 19.2 Å². The Hall–Kier alpha value is -4.46. The first-order valence-electron chi connectivity index (χ1n) is 11.5. The Morgan fingerprint density at radius 1 is 0.917 bits per heavy atom. The lowest BCUT2D eigenvalue weighted by Crippen LogP contribution is -2.46. The summed E-state index contributed by atoms with van der Waals surface area (Å²) in [4.78, 5) is 54.1. The van der Waals surface area contributed by atoms with Crippen molar-refractivity contribution in [2.75, 3.05) is 12.0 Å².